The van der Waals surface area contributed by atoms with Crippen molar-refractivity contribution in [2.24, 2.45) is 23.5 Å². The maximum atomic E-state index is 14.4. The molecular weight excluding hydrogens is 771 g/mol. The van der Waals surface area contributed by atoms with E-state index >= 15 is 0 Å². The number of nitrogens with zero attached hydrogens (tertiary/aromatic N) is 2. The van der Waals surface area contributed by atoms with Crippen LogP contribution in [0.15, 0.2) is 30.3 Å². The van der Waals surface area contributed by atoms with E-state index in [1.807, 2.05) is 92.6 Å². The maximum Gasteiger partial charge on any atom is 0.326 e. The topological polar surface area (TPSA) is 230 Å². The number of carboxylic acids is 1. The maximum absolute atomic E-state index is 14.4. The van der Waals surface area contributed by atoms with Crippen molar-refractivity contribution in [2.75, 3.05) is 19.7 Å². The SMILES string of the molecule is CC[C@H](C)[C@H](N)C(=O)N[C@@H](COC(C)(C)C)C(=O)N[C@H](C(=O)N1CCC[C@H]1C(=O)N[C@@H](CC(C)C)C(=O)N[C@@H](Cc1ccccc1)C(=O)N1CCC[C@H]1C(=O)O)[C@@H](C)CC. The number of carboxylic acid groups (broad SMARTS) is 1. The van der Waals surface area contributed by atoms with E-state index in [0.29, 0.717) is 38.5 Å². The summed E-state index contributed by atoms with van der Waals surface area (Å²) in [7, 11) is 0. The zero-order valence-electron chi connectivity index (χ0n) is 37.1. The van der Waals surface area contributed by atoms with Crippen molar-refractivity contribution in [3.05, 3.63) is 35.9 Å². The predicted octanol–water partition coefficient (Wildman–Crippen LogP) is 2.52. The number of aliphatic carboxylic acids is 1. The number of ether oxygens (including phenoxy) is 1. The Morgan fingerprint density at radius 2 is 1.30 bits per heavy atom. The molecule has 9 atom stereocenters. The van der Waals surface area contributed by atoms with E-state index in [1.54, 1.807) is 0 Å². The third-order valence-corrected chi connectivity index (χ3v) is 11.5. The van der Waals surface area contributed by atoms with Crippen LogP contribution < -0.4 is 27.0 Å². The van der Waals surface area contributed by atoms with E-state index in [0.717, 1.165) is 5.56 Å². The molecule has 0 saturated carbocycles. The van der Waals surface area contributed by atoms with Crippen molar-refractivity contribution < 1.29 is 43.4 Å². The van der Waals surface area contributed by atoms with E-state index in [-0.39, 0.29) is 50.3 Å². The Morgan fingerprint density at radius 1 is 0.750 bits per heavy atom. The fourth-order valence-corrected chi connectivity index (χ4v) is 7.50. The van der Waals surface area contributed by atoms with Crippen LogP contribution >= 0.6 is 0 Å². The number of carbonyl (C=O) groups is 7. The fourth-order valence-electron chi connectivity index (χ4n) is 7.50. The van der Waals surface area contributed by atoms with Gasteiger partial charge in [-0.05, 0) is 76.2 Å². The number of nitrogens with one attached hydrogen (secondary N) is 4. The lowest BCUT2D eigenvalue weighted by Gasteiger charge is -2.33. The third-order valence-electron chi connectivity index (χ3n) is 11.5. The van der Waals surface area contributed by atoms with Gasteiger partial charge in [-0.1, -0.05) is 84.7 Å². The van der Waals surface area contributed by atoms with Crippen LogP contribution in [0.4, 0.5) is 0 Å². The molecule has 1 aromatic carbocycles. The Morgan fingerprint density at radius 3 is 1.85 bits per heavy atom. The predicted molar refractivity (Wildman–Crippen MR) is 227 cm³/mol. The summed E-state index contributed by atoms with van der Waals surface area (Å²) in [6, 6.07) is 1.91. The molecule has 3 rings (SSSR count). The summed E-state index contributed by atoms with van der Waals surface area (Å²) in [5.41, 5.74) is 6.32. The highest BCUT2D eigenvalue weighted by Gasteiger charge is 2.42. The van der Waals surface area contributed by atoms with Crippen molar-refractivity contribution in [1.29, 1.82) is 0 Å². The molecule has 2 saturated heterocycles. The van der Waals surface area contributed by atoms with Gasteiger partial charge in [-0.3, -0.25) is 28.8 Å². The summed E-state index contributed by atoms with van der Waals surface area (Å²) in [6.45, 7) is 17.0. The van der Waals surface area contributed by atoms with E-state index in [9.17, 15) is 38.7 Å². The second-order valence-corrected chi connectivity index (χ2v) is 17.9. The Kier molecular flexibility index (Phi) is 19.0. The van der Waals surface area contributed by atoms with Crippen molar-refractivity contribution in [2.45, 2.75) is 162 Å². The van der Waals surface area contributed by atoms with Crippen molar-refractivity contribution in [1.82, 2.24) is 31.1 Å². The Labute approximate surface area is 355 Å². The lowest BCUT2D eigenvalue weighted by atomic mass is 9.96. The Hall–Kier alpha value is -4.57. The second kappa shape index (κ2) is 22.9. The number of carbonyl (C=O) groups excluding carboxylic acids is 6. The van der Waals surface area contributed by atoms with E-state index < -0.39 is 89.3 Å². The molecule has 1 aromatic rings. The second-order valence-electron chi connectivity index (χ2n) is 17.9. The van der Waals surface area contributed by atoms with Gasteiger partial charge >= 0.3 is 5.97 Å². The van der Waals surface area contributed by atoms with Crippen LogP contribution in [-0.2, 0) is 44.7 Å². The molecule has 16 nitrogen and oxygen atoms in total. The monoisotopic (exact) mass is 842 g/mol. The normalized spacial score (nSPS) is 20.3. The number of hydrogen-bond donors (Lipinski definition) is 6. The average molecular weight is 842 g/mol. The van der Waals surface area contributed by atoms with Crippen LogP contribution in [0, 0.1) is 17.8 Å². The van der Waals surface area contributed by atoms with Crippen LogP contribution in [0.1, 0.15) is 113 Å². The quantitative estimate of drug-likeness (QED) is 0.106. The Balaban J connectivity index is 1.84. The minimum atomic E-state index is -1.16. The van der Waals surface area contributed by atoms with Crippen molar-refractivity contribution >= 4 is 41.4 Å². The lowest BCUT2D eigenvalue weighted by Crippen LogP contribution is -2.61. The molecule has 0 aliphatic carbocycles. The molecule has 0 bridgehead atoms. The van der Waals surface area contributed by atoms with Crippen LogP contribution in [-0.4, -0.2) is 124 Å². The first-order valence-corrected chi connectivity index (χ1v) is 21.7. The van der Waals surface area contributed by atoms with Crippen LogP contribution in [0.25, 0.3) is 0 Å². The summed E-state index contributed by atoms with van der Waals surface area (Å²) >= 11 is 0. The molecule has 6 amide bonds. The summed E-state index contributed by atoms with van der Waals surface area (Å²) in [5.74, 6) is -4.93. The van der Waals surface area contributed by atoms with Gasteiger partial charge in [-0.15, -0.1) is 0 Å². The molecular formula is C44H71N7O9. The smallest absolute Gasteiger partial charge is 0.326 e. The lowest BCUT2D eigenvalue weighted by molar-refractivity contribution is -0.149. The van der Waals surface area contributed by atoms with E-state index in [4.69, 9.17) is 10.5 Å². The number of amides is 6. The highest BCUT2D eigenvalue weighted by Crippen LogP contribution is 2.24. The van der Waals surface area contributed by atoms with Gasteiger partial charge in [0.2, 0.25) is 35.4 Å². The number of benzene rings is 1. The van der Waals surface area contributed by atoms with E-state index in [1.165, 1.54) is 9.80 Å². The van der Waals surface area contributed by atoms with Gasteiger partial charge in [-0.25, -0.2) is 4.79 Å². The average Bonchev–Trinajstić information content (AvgIpc) is 3.91. The van der Waals surface area contributed by atoms with Gasteiger partial charge < -0.3 is 46.6 Å². The number of nitrogens with two attached hydrogens (primary N) is 1. The van der Waals surface area contributed by atoms with Crippen LogP contribution in [0.5, 0.6) is 0 Å². The van der Waals surface area contributed by atoms with Gasteiger partial charge in [0.15, 0.2) is 0 Å². The van der Waals surface area contributed by atoms with Crippen molar-refractivity contribution in [3.8, 4) is 0 Å². The number of likely N-dealkylation sites (tertiary alicyclic amines) is 2. The summed E-state index contributed by atoms with van der Waals surface area (Å²) < 4.78 is 5.91. The molecule has 0 unspecified atom stereocenters. The molecule has 336 valence electrons. The fraction of sp³-hybridized carbons (Fsp3) is 0.705. The van der Waals surface area contributed by atoms with Crippen LogP contribution in [0.2, 0.25) is 0 Å². The molecule has 16 heteroatoms. The largest absolute Gasteiger partial charge is 0.480 e. The first-order valence-electron chi connectivity index (χ1n) is 21.7. The standard InChI is InChI=1S/C44H71N7O9/c1-10-27(5)35(45)40(55)48-32(25-60-44(7,8)9)38(53)49-36(28(6)11-2)42(57)50-21-15-19-33(50)39(54)46-30(23-26(3)4)37(52)47-31(24-29-17-13-12-14-18-29)41(56)51-22-16-20-34(51)43(58)59/h12-14,17-18,26-28,30-36H,10-11,15-16,19-25,45H2,1-9H3,(H,46,54)(H,47,52)(H,48,55)(H,49,53)(H,58,59)/t27-,28-,30-,31-,32-,33-,34-,35-,36-/m0/s1. The first-order chi connectivity index (χ1) is 28.2. The van der Waals surface area contributed by atoms with Gasteiger partial charge in [0, 0.05) is 19.5 Å². The van der Waals surface area contributed by atoms with Gasteiger partial charge in [-0.2, -0.15) is 0 Å². The Bertz CT molecular complexity index is 1630. The summed E-state index contributed by atoms with van der Waals surface area (Å²) in [5, 5.41) is 21.1. The molecule has 0 spiro atoms. The van der Waals surface area contributed by atoms with Crippen LogP contribution in [0.3, 0.4) is 0 Å². The van der Waals surface area contributed by atoms with Gasteiger partial charge in [0.05, 0.1) is 18.2 Å². The molecule has 0 radical (unpaired) electrons. The molecule has 2 heterocycles. The molecule has 7 N–H and O–H groups in total. The summed E-state index contributed by atoms with van der Waals surface area (Å²) in [6.07, 6.45) is 3.17. The highest BCUT2D eigenvalue weighted by atomic mass is 16.5. The summed E-state index contributed by atoms with van der Waals surface area (Å²) in [4.78, 5) is 98.4. The molecule has 2 aliphatic heterocycles. The first kappa shape index (κ1) is 49.8. The van der Waals surface area contributed by atoms with Gasteiger partial charge in [0.25, 0.3) is 0 Å². The number of hydrogen-bond acceptors (Lipinski definition) is 9. The third kappa shape index (κ3) is 14.3. The van der Waals surface area contributed by atoms with Gasteiger partial charge in [0.1, 0.15) is 36.3 Å². The molecule has 2 aliphatic rings. The molecule has 0 aromatic heterocycles. The number of rotatable bonds is 21. The minimum absolute atomic E-state index is 0.0546. The highest BCUT2D eigenvalue weighted by molar-refractivity contribution is 5.97. The zero-order chi connectivity index (χ0) is 44.9. The molecule has 60 heavy (non-hydrogen) atoms. The minimum Gasteiger partial charge on any atom is -0.480 e. The van der Waals surface area contributed by atoms with E-state index in [2.05, 4.69) is 21.3 Å². The van der Waals surface area contributed by atoms with Crippen molar-refractivity contribution in [3.63, 3.8) is 0 Å². The molecule has 2 fully saturated rings. The zero-order valence-corrected chi connectivity index (χ0v) is 37.1.